The van der Waals surface area contributed by atoms with Gasteiger partial charge in [0.2, 0.25) is 5.91 Å². The molecule has 2 aromatic rings. The van der Waals surface area contributed by atoms with Crippen LogP contribution in [0.15, 0.2) is 29.6 Å². The van der Waals surface area contributed by atoms with Gasteiger partial charge in [0.1, 0.15) is 0 Å². The Kier molecular flexibility index (Phi) is 2.98. The molecule has 5 heteroatoms. The smallest absolute Gasteiger partial charge is 0.308 e. The number of aliphatic carboxylic acids is 1. The summed E-state index contributed by atoms with van der Waals surface area (Å²) < 4.78 is 1.19. The molecule has 1 atom stereocenters. The molecule has 1 aliphatic rings. The lowest BCUT2D eigenvalue weighted by molar-refractivity contribution is -0.141. The maximum Gasteiger partial charge on any atom is 0.308 e. The van der Waals surface area contributed by atoms with Crippen molar-refractivity contribution in [3.05, 3.63) is 35.2 Å². The van der Waals surface area contributed by atoms with Gasteiger partial charge in [-0.15, -0.1) is 11.3 Å². The summed E-state index contributed by atoms with van der Waals surface area (Å²) in [5.74, 6) is -1.51. The average Bonchev–Trinajstić information content (AvgIpc) is 2.96. The topological polar surface area (TPSA) is 57.6 Å². The van der Waals surface area contributed by atoms with E-state index in [0.29, 0.717) is 13.1 Å². The van der Waals surface area contributed by atoms with E-state index in [4.69, 9.17) is 5.11 Å². The second-order valence-corrected chi connectivity index (χ2v) is 5.68. The molecule has 19 heavy (non-hydrogen) atoms. The molecule has 0 saturated carbocycles. The van der Waals surface area contributed by atoms with Crippen molar-refractivity contribution in [2.75, 3.05) is 6.54 Å². The molecule has 1 aromatic carbocycles. The first-order valence-electron chi connectivity index (χ1n) is 6.11. The van der Waals surface area contributed by atoms with E-state index < -0.39 is 11.9 Å². The second-order valence-electron chi connectivity index (χ2n) is 4.77. The van der Waals surface area contributed by atoms with Crippen molar-refractivity contribution in [2.24, 2.45) is 5.92 Å². The van der Waals surface area contributed by atoms with E-state index in [1.807, 2.05) is 23.6 Å². The molecule has 4 nitrogen and oxygen atoms in total. The van der Waals surface area contributed by atoms with Gasteiger partial charge < -0.3 is 10.0 Å². The first kappa shape index (κ1) is 12.2. The normalized spacial score (nSPS) is 19.3. The van der Waals surface area contributed by atoms with Gasteiger partial charge in [-0.25, -0.2) is 0 Å². The minimum Gasteiger partial charge on any atom is -0.481 e. The number of likely N-dealkylation sites (tertiary alicyclic amines) is 1. The van der Waals surface area contributed by atoms with Gasteiger partial charge in [-0.05, 0) is 22.4 Å². The molecule has 0 radical (unpaired) electrons. The van der Waals surface area contributed by atoms with E-state index in [2.05, 4.69) is 6.07 Å². The lowest BCUT2D eigenvalue weighted by Crippen LogP contribution is -2.25. The number of rotatable bonds is 3. The number of hydrogen-bond donors (Lipinski definition) is 1. The molecule has 1 aromatic heterocycles. The van der Waals surface area contributed by atoms with Gasteiger partial charge in [0, 0.05) is 24.2 Å². The number of hydrogen-bond acceptors (Lipinski definition) is 3. The van der Waals surface area contributed by atoms with E-state index in [-0.39, 0.29) is 12.3 Å². The van der Waals surface area contributed by atoms with Crippen LogP contribution in [0.3, 0.4) is 0 Å². The maximum absolute atomic E-state index is 11.8. The zero-order valence-corrected chi connectivity index (χ0v) is 11.0. The molecule has 1 saturated heterocycles. The van der Waals surface area contributed by atoms with Crippen LogP contribution in [-0.4, -0.2) is 28.4 Å². The Balaban J connectivity index is 1.82. The standard InChI is InChI=1S/C14H13NO3S/c16-13-5-9(14(17)18)6-15(13)7-10-8-19-12-4-2-1-3-11(10)12/h1-4,8-9H,5-7H2,(H,17,18)/t9-/m1/s1. The summed E-state index contributed by atoms with van der Waals surface area (Å²) in [6.07, 6.45) is 0.122. The zero-order chi connectivity index (χ0) is 13.4. The lowest BCUT2D eigenvalue weighted by atomic mass is 10.1. The van der Waals surface area contributed by atoms with E-state index >= 15 is 0 Å². The van der Waals surface area contributed by atoms with Crippen LogP contribution in [0.25, 0.3) is 10.1 Å². The summed E-state index contributed by atoms with van der Waals surface area (Å²) in [5, 5.41) is 12.2. The third-order valence-electron chi connectivity index (χ3n) is 3.49. The third-order valence-corrected chi connectivity index (χ3v) is 4.50. The van der Waals surface area contributed by atoms with E-state index in [0.717, 1.165) is 10.9 Å². The summed E-state index contributed by atoms with van der Waals surface area (Å²) in [7, 11) is 0. The van der Waals surface area contributed by atoms with Crippen LogP contribution in [0.2, 0.25) is 0 Å². The SMILES string of the molecule is O=C(O)[C@@H]1CC(=O)N(Cc2csc3ccccc23)C1. The Morgan fingerprint density at radius 3 is 2.95 bits per heavy atom. The van der Waals surface area contributed by atoms with Gasteiger partial charge in [0.15, 0.2) is 0 Å². The van der Waals surface area contributed by atoms with Crippen LogP contribution >= 0.6 is 11.3 Å². The maximum atomic E-state index is 11.8. The molecule has 2 heterocycles. The van der Waals surface area contributed by atoms with E-state index in [9.17, 15) is 9.59 Å². The Labute approximate surface area is 114 Å². The van der Waals surface area contributed by atoms with Crippen molar-refractivity contribution >= 4 is 33.3 Å². The van der Waals surface area contributed by atoms with Crippen molar-refractivity contribution in [3.63, 3.8) is 0 Å². The Morgan fingerprint density at radius 1 is 1.42 bits per heavy atom. The predicted molar refractivity (Wildman–Crippen MR) is 73.0 cm³/mol. The van der Waals surface area contributed by atoms with Gasteiger partial charge in [-0.1, -0.05) is 18.2 Å². The monoisotopic (exact) mass is 275 g/mol. The highest BCUT2D eigenvalue weighted by atomic mass is 32.1. The van der Waals surface area contributed by atoms with Gasteiger partial charge in [0.25, 0.3) is 0 Å². The predicted octanol–water partition coefficient (Wildman–Crippen LogP) is 2.33. The Bertz CT molecular complexity index is 649. The van der Waals surface area contributed by atoms with Crippen molar-refractivity contribution in [3.8, 4) is 0 Å². The average molecular weight is 275 g/mol. The number of benzene rings is 1. The van der Waals surface area contributed by atoms with E-state index in [1.54, 1.807) is 16.2 Å². The van der Waals surface area contributed by atoms with Crippen molar-refractivity contribution in [2.45, 2.75) is 13.0 Å². The summed E-state index contributed by atoms with van der Waals surface area (Å²) in [6.45, 7) is 0.824. The number of carbonyl (C=O) groups excluding carboxylic acids is 1. The van der Waals surface area contributed by atoms with Crippen LogP contribution < -0.4 is 0 Å². The second kappa shape index (κ2) is 4.66. The summed E-state index contributed by atoms with van der Waals surface area (Å²) >= 11 is 1.65. The quantitative estimate of drug-likeness (QED) is 0.935. The highest BCUT2D eigenvalue weighted by Gasteiger charge is 2.34. The Hall–Kier alpha value is -1.88. The first-order valence-corrected chi connectivity index (χ1v) is 6.99. The largest absolute Gasteiger partial charge is 0.481 e. The number of carboxylic acids is 1. The zero-order valence-electron chi connectivity index (χ0n) is 10.2. The number of fused-ring (bicyclic) bond motifs is 1. The fourth-order valence-corrected chi connectivity index (χ4v) is 3.41. The number of thiophene rings is 1. The van der Waals surface area contributed by atoms with Gasteiger partial charge in [-0.2, -0.15) is 0 Å². The van der Waals surface area contributed by atoms with Crippen LogP contribution in [0.1, 0.15) is 12.0 Å². The van der Waals surface area contributed by atoms with Crippen LogP contribution in [-0.2, 0) is 16.1 Å². The van der Waals surface area contributed by atoms with Crippen molar-refractivity contribution in [1.29, 1.82) is 0 Å². The molecule has 1 aliphatic heterocycles. The number of nitrogens with zero attached hydrogens (tertiary/aromatic N) is 1. The fraction of sp³-hybridized carbons (Fsp3) is 0.286. The number of carbonyl (C=O) groups is 2. The lowest BCUT2D eigenvalue weighted by Gasteiger charge is -2.15. The van der Waals surface area contributed by atoms with Crippen LogP contribution in [0.4, 0.5) is 0 Å². The molecule has 0 unspecified atom stereocenters. The van der Waals surface area contributed by atoms with Crippen LogP contribution in [0.5, 0.6) is 0 Å². The van der Waals surface area contributed by atoms with Crippen LogP contribution in [0, 0.1) is 5.92 Å². The van der Waals surface area contributed by atoms with Crippen molar-refractivity contribution in [1.82, 2.24) is 4.90 Å². The highest BCUT2D eigenvalue weighted by molar-refractivity contribution is 7.17. The van der Waals surface area contributed by atoms with E-state index in [1.165, 1.54) is 4.70 Å². The summed E-state index contributed by atoms with van der Waals surface area (Å²) in [5.41, 5.74) is 1.10. The third kappa shape index (κ3) is 2.21. The molecule has 0 aliphatic carbocycles. The van der Waals surface area contributed by atoms with Gasteiger partial charge in [0.05, 0.1) is 5.92 Å². The summed E-state index contributed by atoms with van der Waals surface area (Å²) in [6, 6.07) is 8.06. The summed E-state index contributed by atoms with van der Waals surface area (Å²) in [4.78, 5) is 24.4. The molecule has 1 N–H and O–H groups in total. The molecular formula is C14H13NO3S. The van der Waals surface area contributed by atoms with Gasteiger partial charge >= 0.3 is 5.97 Å². The van der Waals surface area contributed by atoms with Gasteiger partial charge in [-0.3, -0.25) is 9.59 Å². The molecule has 98 valence electrons. The minimum atomic E-state index is -0.883. The molecule has 1 fully saturated rings. The molecule has 3 rings (SSSR count). The van der Waals surface area contributed by atoms with Crippen molar-refractivity contribution < 1.29 is 14.7 Å². The highest BCUT2D eigenvalue weighted by Crippen LogP contribution is 2.28. The fourth-order valence-electron chi connectivity index (χ4n) is 2.45. The molecule has 0 spiro atoms. The minimum absolute atomic E-state index is 0.0670. The number of amides is 1. The molecule has 0 bridgehead atoms. The first-order chi connectivity index (χ1) is 9.15. The Morgan fingerprint density at radius 2 is 2.21 bits per heavy atom. The molecule has 1 amide bonds. The molecular weight excluding hydrogens is 262 g/mol. The number of carboxylic acid groups (broad SMARTS) is 1.